The predicted molar refractivity (Wildman–Crippen MR) is 59.1 cm³/mol. The summed E-state index contributed by atoms with van der Waals surface area (Å²) in [5.41, 5.74) is 6.03. The highest BCUT2D eigenvalue weighted by molar-refractivity contribution is 5.16. The molecule has 78 valence electrons. The van der Waals surface area contributed by atoms with Crippen molar-refractivity contribution in [2.45, 2.75) is 31.8 Å². The van der Waals surface area contributed by atoms with E-state index in [2.05, 4.69) is 0 Å². The van der Waals surface area contributed by atoms with Crippen molar-refractivity contribution in [3.8, 4) is 0 Å². The van der Waals surface area contributed by atoms with Gasteiger partial charge >= 0.3 is 0 Å². The van der Waals surface area contributed by atoms with Crippen LogP contribution in [0.1, 0.15) is 25.3 Å². The first-order valence-corrected chi connectivity index (χ1v) is 5.16. The molecule has 14 heavy (non-hydrogen) atoms. The lowest BCUT2D eigenvalue weighted by molar-refractivity contribution is 0.0302. The van der Waals surface area contributed by atoms with Crippen LogP contribution in [-0.2, 0) is 6.42 Å². The number of benzene rings is 1. The quantitative estimate of drug-likeness (QED) is 0.748. The summed E-state index contributed by atoms with van der Waals surface area (Å²) in [4.78, 5) is 0. The van der Waals surface area contributed by atoms with Gasteiger partial charge in [-0.25, -0.2) is 0 Å². The van der Waals surface area contributed by atoms with Gasteiger partial charge in [0.15, 0.2) is 0 Å². The zero-order valence-corrected chi connectivity index (χ0v) is 8.74. The van der Waals surface area contributed by atoms with Crippen LogP contribution in [-0.4, -0.2) is 17.3 Å². The second kappa shape index (κ2) is 5.13. The Bertz CT molecular complexity index is 260. The van der Waals surface area contributed by atoms with E-state index in [4.69, 9.17) is 5.73 Å². The van der Waals surface area contributed by atoms with E-state index < -0.39 is 5.60 Å². The van der Waals surface area contributed by atoms with Crippen LogP contribution in [0.25, 0.3) is 0 Å². The van der Waals surface area contributed by atoms with Crippen LogP contribution in [0.4, 0.5) is 0 Å². The molecule has 0 aliphatic carbocycles. The highest BCUT2D eigenvalue weighted by Gasteiger charge is 2.23. The van der Waals surface area contributed by atoms with Crippen LogP contribution in [0.5, 0.6) is 0 Å². The van der Waals surface area contributed by atoms with Crippen LogP contribution in [0, 0.1) is 0 Å². The van der Waals surface area contributed by atoms with E-state index in [1.807, 2.05) is 37.3 Å². The highest BCUT2D eigenvalue weighted by atomic mass is 16.3. The molecular weight excluding hydrogens is 174 g/mol. The first-order chi connectivity index (χ1) is 6.70. The molecule has 1 atom stereocenters. The van der Waals surface area contributed by atoms with Gasteiger partial charge in [-0.15, -0.1) is 0 Å². The largest absolute Gasteiger partial charge is 0.390 e. The number of nitrogens with two attached hydrogens (primary N) is 1. The van der Waals surface area contributed by atoms with Crippen molar-refractivity contribution in [2.24, 2.45) is 5.73 Å². The fraction of sp³-hybridized carbons (Fsp3) is 0.500. The van der Waals surface area contributed by atoms with Crippen LogP contribution >= 0.6 is 0 Å². The minimum Gasteiger partial charge on any atom is -0.390 e. The maximum atomic E-state index is 10.2. The third-order valence-corrected chi connectivity index (χ3v) is 2.64. The third-order valence-electron chi connectivity index (χ3n) is 2.64. The molecule has 0 spiro atoms. The summed E-state index contributed by atoms with van der Waals surface area (Å²) in [7, 11) is 0. The van der Waals surface area contributed by atoms with Crippen molar-refractivity contribution in [1.82, 2.24) is 0 Å². The minimum absolute atomic E-state index is 0.539. The van der Waals surface area contributed by atoms with E-state index in [1.54, 1.807) is 0 Å². The topological polar surface area (TPSA) is 46.2 Å². The smallest absolute Gasteiger partial charge is 0.0697 e. The van der Waals surface area contributed by atoms with Gasteiger partial charge in [0, 0.05) is 6.42 Å². The molecular formula is C12H19NO. The molecule has 1 aromatic carbocycles. The molecule has 0 aliphatic heterocycles. The zero-order chi connectivity index (χ0) is 10.4. The molecule has 0 amide bonds. The summed E-state index contributed by atoms with van der Waals surface area (Å²) >= 11 is 0. The average molecular weight is 193 g/mol. The van der Waals surface area contributed by atoms with Gasteiger partial charge in [0.05, 0.1) is 5.60 Å². The average Bonchev–Trinajstić information content (AvgIpc) is 2.20. The second-order valence-corrected chi connectivity index (χ2v) is 3.78. The molecule has 0 aromatic heterocycles. The van der Waals surface area contributed by atoms with Crippen molar-refractivity contribution < 1.29 is 5.11 Å². The maximum Gasteiger partial charge on any atom is 0.0697 e. The fourth-order valence-corrected chi connectivity index (χ4v) is 1.63. The van der Waals surface area contributed by atoms with Gasteiger partial charge in [-0.05, 0) is 24.9 Å². The molecule has 0 saturated carbocycles. The van der Waals surface area contributed by atoms with Crippen molar-refractivity contribution in [1.29, 1.82) is 0 Å². The first-order valence-electron chi connectivity index (χ1n) is 5.16. The van der Waals surface area contributed by atoms with Crippen molar-refractivity contribution in [3.05, 3.63) is 35.9 Å². The monoisotopic (exact) mass is 193 g/mol. The molecule has 0 heterocycles. The van der Waals surface area contributed by atoms with Gasteiger partial charge in [-0.3, -0.25) is 0 Å². The Morgan fingerprint density at radius 2 is 1.93 bits per heavy atom. The normalized spacial score (nSPS) is 15.1. The first kappa shape index (κ1) is 11.2. The fourth-order valence-electron chi connectivity index (χ4n) is 1.63. The summed E-state index contributed by atoms with van der Waals surface area (Å²) in [6.45, 7) is 2.54. The summed E-state index contributed by atoms with van der Waals surface area (Å²) < 4.78 is 0. The summed E-state index contributed by atoms with van der Waals surface area (Å²) in [5, 5.41) is 10.2. The molecule has 0 saturated heterocycles. The van der Waals surface area contributed by atoms with E-state index >= 15 is 0 Å². The van der Waals surface area contributed by atoms with Crippen LogP contribution < -0.4 is 5.73 Å². The zero-order valence-electron chi connectivity index (χ0n) is 8.74. The van der Waals surface area contributed by atoms with Gasteiger partial charge in [0.2, 0.25) is 0 Å². The lowest BCUT2D eigenvalue weighted by atomic mass is 9.89. The molecule has 3 N–H and O–H groups in total. The van der Waals surface area contributed by atoms with E-state index in [0.29, 0.717) is 19.4 Å². The Balaban J connectivity index is 2.65. The Labute approximate surface area is 85.8 Å². The summed E-state index contributed by atoms with van der Waals surface area (Å²) in [6, 6.07) is 10.0. The van der Waals surface area contributed by atoms with Gasteiger partial charge < -0.3 is 10.8 Å². The minimum atomic E-state index is -0.629. The molecule has 0 bridgehead atoms. The molecule has 1 unspecified atom stereocenters. The van der Waals surface area contributed by atoms with Gasteiger partial charge in [0.1, 0.15) is 0 Å². The number of hydrogen-bond acceptors (Lipinski definition) is 2. The third kappa shape index (κ3) is 3.13. The molecule has 0 radical (unpaired) electrons. The van der Waals surface area contributed by atoms with Crippen LogP contribution in [0.15, 0.2) is 30.3 Å². The Hall–Kier alpha value is -0.860. The molecule has 2 heteroatoms. The molecule has 1 aromatic rings. The van der Waals surface area contributed by atoms with E-state index in [0.717, 1.165) is 6.42 Å². The van der Waals surface area contributed by atoms with E-state index in [9.17, 15) is 5.11 Å². The standard InChI is InChI=1S/C12H19NO/c1-2-12(14,8-9-13)10-11-6-4-3-5-7-11/h3-7,14H,2,8-10,13H2,1H3. The van der Waals surface area contributed by atoms with Gasteiger partial charge in [-0.1, -0.05) is 37.3 Å². The lowest BCUT2D eigenvalue weighted by Gasteiger charge is -2.26. The van der Waals surface area contributed by atoms with Crippen molar-refractivity contribution >= 4 is 0 Å². The van der Waals surface area contributed by atoms with E-state index in [1.165, 1.54) is 5.56 Å². The van der Waals surface area contributed by atoms with Crippen molar-refractivity contribution in [3.63, 3.8) is 0 Å². The number of aliphatic hydroxyl groups is 1. The van der Waals surface area contributed by atoms with Gasteiger partial charge in [0.25, 0.3) is 0 Å². The van der Waals surface area contributed by atoms with Crippen LogP contribution in [0.3, 0.4) is 0 Å². The Morgan fingerprint density at radius 3 is 2.43 bits per heavy atom. The SMILES string of the molecule is CCC(O)(CCN)Cc1ccccc1. The summed E-state index contributed by atoms with van der Waals surface area (Å²) in [5.74, 6) is 0. The highest BCUT2D eigenvalue weighted by Crippen LogP contribution is 2.20. The summed E-state index contributed by atoms with van der Waals surface area (Å²) in [6.07, 6.45) is 2.11. The molecule has 0 fully saturated rings. The molecule has 1 rings (SSSR count). The maximum absolute atomic E-state index is 10.2. The Morgan fingerprint density at radius 1 is 1.29 bits per heavy atom. The Kier molecular flexibility index (Phi) is 4.11. The van der Waals surface area contributed by atoms with Crippen LogP contribution in [0.2, 0.25) is 0 Å². The second-order valence-electron chi connectivity index (χ2n) is 3.78. The van der Waals surface area contributed by atoms with Gasteiger partial charge in [-0.2, -0.15) is 0 Å². The number of rotatable bonds is 5. The molecule has 0 aliphatic rings. The van der Waals surface area contributed by atoms with E-state index in [-0.39, 0.29) is 0 Å². The predicted octanol–water partition coefficient (Wildman–Crippen LogP) is 1.72. The lowest BCUT2D eigenvalue weighted by Crippen LogP contribution is -2.33. The number of hydrogen-bond donors (Lipinski definition) is 2. The van der Waals surface area contributed by atoms with Crippen molar-refractivity contribution in [2.75, 3.05) is 6.54 Å². The molecule has 2 nitrogen and oxygen atoms in total.